The molecule has 31 heavy (non-hydrogen) atoms. The fraction of sp³-hybridized carbons (Fsp3) is 0.455. The second-order valence-corrected chi connectivity index (χ2v) is 8.08. The number of carbonyl (C=O) groups excluding carboxylic acids is 1. The second kappa shape index (κ2) is 9.51. The average Bonchev–Trinajstić information content (AvgIpc) is 2.97. The quantitative estimate of drug-likeness (QED) is 0.599. The molecule has 0 bridgehead atoms. The van der Waals surface area contributed by atoms with E-state index in [-0.39, 0.29) is 30.5 Å². The first-order valence-electron chi connectivity index (χ1n) is 10.5. The van der Waals surface area contributed by atoms with Crippen LogP contribution in [0.15, 0.2) is 39.9 Å². The number of hydrogen-bond donors (Lipinski definition) is 3. The van der Waals surface area contributed by atoms with Gasteiger partial charge in [-0.2, -0.15) is 5.26 Å². The molecular formula is C22H28N6O3. The highest BCUT2D eigenvalue weighted by molar-refractivity contribution is 5.83. The van der Waals surface area contributed by atoms with Gasteiger partial charge in [0.2, 0.25) is 5.91 Å². The van der Waals surface area contributed by atoms with Gasteiger partial charge >= 0.3 is 5.69 Å². The largest absolute Gasteiger partial charge is 0.383 e. The Labute approximate surface area is 180 Å². The minimum atomic E-state index is -0.877. The molecule has 164 valence electrons. The van der Waals surface area contributed by atoms with E-state index in [0.717, 1.165) is 31.2 Å². The second-order valence-electron chi connectivity index (χ2n) is 8.08. The third-order valence-corrected chi connectivity index (χ3v) is 5.71. The molecule has 4 N–H and O–H groups in total. The van der Waals surface area contributed by atoms with Crippen LogP contribution in [0.5, 0.6) is 0 Å². The number of likely N-dealkylation sites (N-methyl/N-ethyl adjacent to an activating group) is 1. The Morgan fingerprint density at radius 1 is 1.23 bits per heavy atom. The number of nitriles is 1. The van der Waals surface area contributed by atoms with Crippen molar-refractivity contribution >= 4 is 17.4 Å². The monoisotopic (exact) mass is 424 g/mol. The van der Waals surface area contributed by atoms with Crippen LogP contribution in [-0.2, 0) is 11.3 Å². The number of carbonyl (C=O) groups is 1. The van der Waals surface area contributed by atoms with Crippen molar-refractivity contribution in [2.24, 2.45) is 0 Å². The van der Waals surface area contributed by atoms with Crippen LogP contribution in [0.1, 0.15) is 44.1 Å². The van der Waals surface area contributed by atoms with Crippen molar-refractivity contribution in [3.8, 4) is 6.07 Å². The normalized spacial score (nSPS) is 15.5. The van der Waals surface area contributed by atoms with Crippen molar-refractivity contribution in [2.75, 3.05) is 24.2 Å². The summed E-state index contributed by atoms with van der Waals surface area (Å²) in [7, 11) is 1.56. The number of nitrogen functional groups attached to an aromatic ring is 1. The van der Waals surface area contributed by atoms with Crippen LogP contribution in [0.3, 0.4) is 0 Å². The number of nitrogens with one attached hydrogen (secondary N) is 2. The minimum absolute atomic E-state index is 0.0163. The van der Waals surface area contributed by atoms with Crippen molar-refractivity contribution in [1.82, 2.24) is 14.9 Å². The smallest absolute Gasteiger partial charge is 0.330 e. The van der Waals surface area contributed by atoms with Crippen LogP contribution in [0, 0.1) is 11.3 Å². The Kier molecular flexibility index (Phi) is 6.80. The molecule has 1 aromatic carbocycles. The first kappa shape index (κ1) is 22.2. The summed E-state index contributed by atoms with van der Waals surface area (Å²) < 4.78 is 1.27. The lowest BCUT2D eigenvalue weighted by atomic mass is 9.92. The summed E-state index contributed by atoms with van der Waals surface area (Å²) in [6, 6.07) is 11.5. The van der Waals surface area contributed by atoms with Crippen LogP contribution in [0.4, 0.5) is 11.5 Å². The van der Waals surface area contributed by atoms with Gasteiger partial charge in [-0.3, -0.25) is 19.1 Å². The third-order valence-electron chi connectivity index (χ3n) is 5.71. The number of anilines is 2. The summed E-state index contributed by atoms with van der Waals surface area (Å²) in [6.07, 6.45) is 5.11. The molecule has 0 unspecified atom stereocenters. The molecule has 0 atom stereocenters. The van der Waals surface area contributed by atoms with Gasteiger partial charge < -0.3 is 16.0 Å². The zero-order valence-electron chi connectivity index (χ0n) is 17.7. The van der Waals surface area contributed by atoms with Crippen molar-refractivity contribution in [3.05, 3.63) is 56.7 Å². The summed E-state index contributed by atoms with van der Waals surface area (Å²) >= 11 is 0. The van der Waals surface area contributed by atoms with E-state index in [1.807, 2.05) is 30.3 Å². The summed E-state index contributed by atoms with van der Waals surface area (Å²) in [5.41, 5.74) is 4.92. The van der Waals surface area contributed by atoms with Crippen molar-refractivity contribution < 1.29 is 4.79 Å². The maximum Gasteiger partial charge on any atom is 0.330 e. The maximum atomic E-state index is 12.7. The fourth-order valence-corrected chi connectivity index (χ4v) is 4.07. The van der Waals surface area contributed by atoms with Gasteiger partial charge in [-0.15, -0.1) is 0 Å². The molecule has 1 amide bonds. The van der Waals surface area contributed by atoms with Crippen LogP contribution in [0.2, 0.25) is 0 Å². The van der Waals surface area contributed by atoms with Crippen LogP contribution >= 0.6 is 0 Å². The number of nitrogens with zero attached hydrogens (tertiary/aromatic N) is 3. The number of hydrogen-bond acceptors (Lipinski definition) is 6. The van der Waals surface area contributed by atoms with Gasteiger partial charge in [0.25, 0.3) is 5.56 Å². The number of amides is 1. The molecule has 1 heterocycles. The molecular weight excluding hydrogens is 396 g/mol. The predicted molar refractivity (Wildman–Crippen MR) is 119 cm³/mol. The van der Waals surface area contributed by atoms with Gasteiger partial charge in [0.15, 0.2) is 0 Å². The lowest BCUT2D eigenvalue weighted by Gasteiger charge is -2.28. The molecule has 1 saturated carbocycles. The van der Waals surface area contributed by atoms with Crippen LogP contribution in [-0.4, -0.2) is 34.6 Å². The van der Waals surface area contributed by atoms with E-state index in [9.17, 15) is 19.6 Å². The van der Waals surface area contributed by atoms with E-state index in [4.69, 9.17) is 5.73 Å². The third kappa shape index (κ3) is 5.15. The van der Waals surface area contributed by atoms with Gasteiger partial charge in [-0.05, 0) is 18.4 Å². The standard InChI is InChI=1S/C22H28N6O3/c1-27(14-17(29)26-22(15-23)11-7-2-3-8-12-22)18-19(24)28(21(31)25-20(18)30)13-16-9-5-4-6-10-16/h4-6,9-10H,2-3,7-8,11-14,24H2,1H3,(H,26,29)(H,25,30,31). The Bertz CT molecular complexity index is 1080. The number of H-pyrrole nitrogens is 1. The highest BCUT2D eigenvalue weighted by Crippen LogP contribution is 2.26. The molecule has 1 aromatic heterocycles. The summed E-state index contributed by atoms with van der Waals surface area (Å²) in [5.74, 6) is -0.386. The van der Waals surface area contributed by atoms with E-state index < -0.39 is 16.8 Å². The molecule has 1 aliphatic rings. The summed E-state index contributed by atoms with van der Waals surface area (Å²) in [4.78, 5) is 41.2. The molecule has 3 rings (SSSR count). The van der Waals surface area contributed by atoms with Gasteiger partial charge in [0.05, 0.1) is 19.2 Å². The van der Waals surface area contributed by atoms with Crippen molar-refractivity contribution in [1.29, 1.82) is 5.26 Å². The van der Waals surface area contributed by atoms with E-state index in [0.29, 0.717) is 12.8 Å². The topological polar surface area (TPSA) is 137 Å². The Hall–Kier alpha value is -3.54. The van der Waals surface area contributed by atoms with Gasteiger partial charge in [-0.25, -0.2) is 4.79 Å². The van der Waals surface area contributed by atoms with E-state index in [1.54, 1.807) is 7.05 Å². The Balaban J connectivity index is 1.81. The van der Waals surface area contributed by atoms with E-state index in [1.165, 1.54) is 9.47 Å². The number of aromatic nitrogens is 2. The average molecular weight is 425 g/mol. The highest BCUT2D eigenvalue weighted by atomic mass is 16.2. The molecule has 0 spiro atoms. The Morgan fingerprint density at radius 3 is 2.48 bits per heavy atom. The van der Waals surface area contributed by atoms with Crippen LogP contribution < -0.4 is 27.2 Å². The number of aromatic amines is 1. The van der Waals surface area contributed by atoms with Gasteiger partial charge in [0, 0.05) is 7.05 Å². The number of nitrogens with two attached hydrogens (primary N) is 1. The van der Waals surface area contributed by atoms with Crippen molar-refractivity contribution in [2.45, 2.75) is 50.6 Å². The summed E-state index contributed by atoms with van der Waals surface area (Å²) in [6.45, 7) is 0.0209. The zero-order valence-corrected chi connectivity index (χ0v) is 17.7. The molecule has 2 aromatic rings. The van der Waals surface area contributed by atoms with Gasteiger partial charge in [-0.1, -0.05) is 56.0 Å². The molecule has 9 nitrogen and oxygen atoms in total. The number of benzene rings is 1. The van der Waals surface area contributed by atoms with Crippen LogP contribution in [0.25, 0.3) is 0 Å². The molecule has 9 heteroatoms. The van der Waals surface area contributed by atoms with E-state index >= 15 is 0 Å². The molecule has 1 fully saturated rings. The first-order chi connectivity index (χ1) is 14.8. The first-order valence-corrected chi connectivity index (χ1v) is 10.5. The fourth-order valence-electron chi connectivity index (χ4n) is 4.07. The molecule has 1 aliphatic carbocycles. The van der Waals surface area contributed by atoms with E-state index in [2.05, 4.69) is 16.4 Å². The molecule has 0 radical (unpaired) electrons. The Morgan fingerprint density at radius 2 is 1.87 bits per heavy atom. The summed E-state index contributed by atoms with van der Waals surface area (Å²) in [5, 5.41) is 12.5. The lowest BCUT2D eigenvalue weighted by Crippen LogP contribution is -2.50. The highest BCUT2D eigenvalue weighted by Gasteiger charge is 2.33. The minimum Gasteiger partial charge on any atom is -0.383 e. The maximum absolute atomic E-state index is 12.7. The molecule has 0 saturated heterocycles. The molecule has 0 aliphatic heterocycles. The van der Waals surface area contributed by atoms with Crippen molar-refractivity contribution in [3.63, 3.8) is 0 Å². The zero-order chi connectivity index (χ0) is 22.4. The predicted octanol–water partition coefficient (Wildman–Crippen LogP) is 1.34. The SMILES string of the molecule is CN(CC(=O)NC1(C#N)CCCCCC1)c1c(N)n(Cc2ccccc2)c(=O)[nH]c1=O. The van der Waals surface area contributed by atoms with Gasteiger partial charge in [0.1, 0.15) is 17.0 Å². The number of rotatable bonds is 6. The lowest BCUT2D eigenvalue weighted by molar-refractivity contribution is -0.121.